The average molecular weight is 259 g/mol. The first kappa shape index (κ1) is 16.4. The van der Waals surface area contributed by atoms with Gasteiger partial charge < -0.3 is 10.1 Å². The third kappa shape index (κ3) is 8.51. The molecule has 0 aromatic rings. The minimum atomic E-state index is -0.812. The van der Waals surface area contributed by atoms with Crippen LogP contribution in [0.25, 0.3) is 0 Å². The summed E-state index contributed by atoms with van der Waals surface area (Å²) in [6.45, 7) is 5.62. The number of hydrogen-bond acceptors (Lipinski definition) is 5. The van der Waals surface area contributed by atoms with Crippen molar-refractivity contribution in [3.8, 4) is 0 Å². The summed E-state index contributed by atoms with van der Waals surface area (Å²) in [7, 11) is 2.78. The van der Waals surface area contributed by atoms with E-state index in [1.165, 1.54) is 12.0 Å². The molecule has 0 saturated heterocycles. The van der Waals surface area contributed by atoms with Crippen molar-refractivity contribution >= 4 is 17.9 Å². The number of carbonyl (C=O) groups excluding carboxylic acids is 3. The number of ether oxygens (including phenoxy) is 1. The van der Waals surface area contributed by atoms with Gasteiger partial charge in [-0.2, -0.15) is 0 Å². The predicted molar refractivity (Wildman–Crippen MR) is 65.9 cm³/mol. The average Bonchev–Trinajstić information content (AvgIpc) is 2.12. The van der Waals surface area contributed by atoms with Crippen LogP contribution in [0, 0.1) is 0 Å². The van der Waals surface area contributed by atoms with Crippen LogP contribution < -0.4 is 10.6 Å². The number of imide groups is 1. The molecule has 2 N–H and O–H groups in total. The molecule has 18 heavy (non-hydrogen) atoms. The van der Waals surface area contributed by atoms with Crippen LogP contribution >= 0.6 is 0 Å². The van der Waals surface area contributed by atoms with Gasteiger partial charge >= 0.3 is 6.09 Å². The van der Waals surface area contributed by atoms with E-state index in [9.17, 15) is 14.4 Å². The van der Waals surface area contributed by atoms with E-state index in [2.05, 4.69) is 10.1 Å². The molecule has 0 rings (SSSR count). The van der Waals surface area contributed by atoms with E-state index >= 15 is 0 Å². The van der Waals surface area contributed by atoms with Crippen molar-refractivity contribution in [1.29, 1.82) is 0 Å². The molecule has 7 heteroatoms. The molecule has 104 valence electrons. The summed E-state index contributed by atoms with van der Waals surface area (Å²) in [6.07, 6.45) is -0.812. The van der Waals surface area contributed by atoms with Crippen LogP contribution in [-0.2, 0) is 14.3 Å². The van der Waals surface area contributed by atoms with Crippen LogP contribution in [0.5, 0.6) is 0 Å². The van der Waals surface area contributed by atoms with E-state index in [1.54, 1.807) is 7.05 Å². The van der Waals surface area contributed by atoms with Crippen molar-refractivity contribution < 1.29 is 19.1 Å². The zero-order chi connectivity index (χ0) is 14.3. The molecule has 0 bridgehead atoms. The smallest absolute Gasteiger partial charge is 0.413 e. The van der Waals surface area contributed by atoms with E-state index in [-0.39, 0.29) is 24.5 Å². The lowest BCUT2D eigenvalue weighted by Gasteiger charge is -2.22. The Morgan fingerprint density at radius 3 is 2.06 bits per heavy atom. The van der Waals surface area contributed by atoms with Crippen LogP contribution in [0.15, 0.2) is 0 Å². The standard InChI is InChI=1S/C11H21N3O4/c1-11(2,3)13-9(16)7-14(4)6-8(15)12-10(17)18-5/h6-7H2,1-5H3,(H,13,16)(H,12,15,17). The van der Waals surface area contributed by atoms with Crippen molar-refractivity contribution in [2.75, 3.05) is 27.2 Å². The van der Waals surface area contributed by atoms with E-state index in [0.717, 1.165) is 0 Å². The Hall–Kier alpha value is -1.63. The zero-order valence-corrected chi connectivity index (χ0v) is 11.5. The molecule has 0 aliphatic heterocycles. The number of carbonyl (C=O) groups is 3. The van der Waals surface area contributed by atoms with Crippen molar-refractivity contribution in [2.24, 2.45) is 0 Å². The Morgan fingerprint density at radius 2 is 1.61 bits per heavy atom. The molecule has 0 aliphatic rings. The summed E-state index contributed by atoms with van der Waals surface area (Å²) in [4.78, 5) is 35.1. The van der Waals surface area contributed by atoms with Gasteiger partial charge in [-0.1, -0.05) is 0 Å². The van der Waals surface area contributed by atoms with Crippen molar-refractivity contribution in [3.05, 3.63) is 0 Å². The molecule has 0 atom stereocenters. The lowest BCUT2D eigenvalue weighted by Crippen LogP contribution is -2.47. The lowest BCUT2D eigenvalue weighted by molar-refractivity contribution is -0.125. The second-order valence-electron chi connectivity index (χ2n) is 5.01. The number of hydrogen-bond donors (Lipinski definition) is 2. The number of methoxy groups -OCH3 is 1. The zero-order valence-electron chi connectivity index (χ0n) is 11.5. The number of rotatable bonds is 4. The number of alkyl carbamates (subject to hydrolysis) is 1. The van der Waals surface area contributed by atoms with Gasteiger partial charge in [-0.05, 0) is 27.8 Å². The summed E-state index contributed by atoms with van der Waals surface area (Å²) in [6, 6.07) is 0. The molecular formula is C11H21N3O4. The number of nitrogens with one attached hydrogen (secondary N) is 2. The third-order valence-electron chi connectivity index (χ3n) is 1.77. The van der Waals surface area contributed by atoms with Gasteiger partial charge in [0, 0.05) is 5.54 Å². The first-order chi connectivity index (χ1) is 8.14. The first-order valence-electron chi connectivity index (χ1n) is 5.51. The molecule has 0 fully saturated rings. The molecule has 0 heterocycles. The highest BCUT2D eigenvalue weighted by Crippen LogP contribution is 1.98. The van der Waals surface area contributed by atoms with Crippen LogP contribution in [-0.4, -0.2) is 55.6 Å². The maximum absolute atomic E-state index is 11.6. The molecule has 0 aliphatic carbocycles. The van der Waals surface area contributed by atoms with Gasteiger partial charge in [-0.15, -0.1) is 0 Å². The second kappa shape index (κ2) is 6.95. The lowest BCUT2D eigenvalue weighted by atomic mass is 10.1. The normalized spacial score (nSPS) is 11.0. The maximum atomic E-state index is 11.6. The van der Waals surface area contributed by atoms with Crippen LogP contribution in [0.3, 0.4) is 0 Å². The molecule has 3 amide bonds. The quantitative estimate of drug-likeness (QED) is 0.724. The SMILES string of the molecule is COC(=O)NC(=O)CN(C)CC(=O)NC(C)(C)C. The second-order valence-corrected chi connectivity index (χ2v) is 5.01. The third-order valence-corrected chi connectivity index (χ3v) is 1.77. The number of likely N-dealkylation sites (N-methyl/N-ethyl adjacent to an activating group) is 1. The number of amides is 3. The Labute approximate surface area is 107 Å². The molecule has 0 spiro atoms. The fourth-order valence-electron chi connectivity index (χ4n) is 1.21. The van der Waals surface area contributed by atoms with Crippen molar-refractivity contribution in [2.45, 2.75) is 26.3 Å². The predicted octanol–water partition coefficient (Wildman–Crippen LogP) is -0.284. The summed E-state index contributed by atoms with van der Waals surface area (Å²) in [5.74, 6) is -0.705. The topological polar surface area (TPSA) is 87.7 Å². The largest absolute Gasteiger partial charge is 0.453 e. The minimum absolute atomic E-state index is 0.0628. The minimum Gasteiger partial charge on any atom is -0.453 e. The molecule has 0 saturated carbocycles. The fraction of sp³-hybridized carbons (Fsp3) is 0.727. The highest BCUT2D eigenvalue weighted by Gasteiger charge is 2.17. The molecule has 0 radical (unpaired) electrons. The van der Waals surface area contributed by atoms with Gasteiger partial charge in [-0.3, -0.25) is 19.8 Å². The Balaban J connectivity index is 4.04. The monoisotopic (exact) mass is 259 g/mol. The van der Waals surface area contributed by atoms with Crippen LogP contribution in [0.2, 0.25) is 0 Å². The van der Waals surface area contributed by atoms with E-state index in [4.69, 9.17) is 0 Å². The number of nitrogens with zero attached hydrogens (tertiary/aromatic N) is 1. The molecule has 0 aromatic carbocycles. The maximum Gasteiger partial charge on any atom is 0.413 e. The summed E-state index contributed by atoms with van der Waals surface area (Å²) < 4.78 is 4.28. The highest BCUT2D eigenvalue weighted by atomic mass is 16.5. The summed E-state index contributed by atoms with van der Waals surface area (Å²) >= 11 is 0. The van der Waals surface area contributed by atoms with Crippen molar-refractivity contribution in [1.82, 2.24) is 15.5 Å². The van der Waals surface area contributed by atoms with Gasteiger partial charge in [0.2, 0.25) is 11.8 Å². The van der Waals surface area contributed by atoms with E-state index in [1.807, 2.05) is 26.1 Å². The molecule has 7 nitrogen and oxygen atoms in total. The fourth-order valence-corrected chi connectivity index (χ4v) is 1.21. The van der Waals surface area contributed by atoms with E-state index in [0.29, 0.717) is 0 Å². The Bertz CT molecular complexity index is 323. The molecule has 0 aromatic heterocycles. The van der Waals surface area contributed by atoms with E-state index < -0.39 is 12.0 Å². The Morgan fingerprint density at radius 1 is 1.11 bits per heavy atom. The summed E-state index contributed by atoms with van der Waals surface area (Å²) in [5, 5.41) is 4.78. The van der Waals surface area contributed by atoms with Crippen LogP contribution in [0.1, 0.15) is 20.8 Å². The molecular weight excluding hydrogens is 238 g/mol. The van der Waals surface area contributed by atoms with Gasteiger partial charge in [0.15, 0.2) is 0 Å². The van der Waals surface area contributed by atoms with Gasteiger partial charge in [0.1, 0.15) is 0 Å². The summed E-state index contributed by atoms with van der Waals surface area (Å²) in [5.41, 5.74) is -0.313. The van der Waals surface area contributed by atoms with Crippen molar-refractivity contribution in [3.63, 3.8) is 0 Å². The Kier molecular flexibility index (Phi) is 6.32. The van der Waals surface area contributed by atoms with Gasteiger partial charge in [-0.25, -0.2) is 4.79 Å². The molecule has 0 unspecified atom stereocenters. The van der Waals surface area contributed by atoms with Crippen LogP contribution in [0.4, 0.5) is 4.79 Å². The van der Waals surface area contributed by atoms with Gasteiger partial charge in [0.25, 0.3) is 0 Å². The first-order valence-corrected chi connectivity index (χ1v) is 5.51. The highest BCUT2D eigenvalue weighted by molar-refractivity contribution is 5.93. The van der Waals surface area contributed by atoms with Gasteiger partial charge in [0.05, 0.1) is 20.2 Å².